The number of unbranched alkanes of at least 4 members (excludes halogenated alkanes) is 2. The number of halogens is 2. The second-order valence-corrected chi connectivity index (χ2v) is 6.50. The van der Waals surface area contributed by atoms with Gasteiger partial charge in [-0.2, -0.15) is 0 Å². The molecule has 0 aliphatic heterocycles. The Morgan fingerprint density at radius 2 is 2.00 bits per heavy atom. The quantitative estimate of drug-likeness (QED) is 0.555. The highest BCUT2D eigenvalue weighted by Gasteiger charge is 2.16. The van der Waals surface area contributed by atoms with Gasteiger partial charge in [0.2, 0.25) is 0 Å². The number of nitrogens with zero attached hydrogens (tertiary/aromatic N) is 1. The Morgan fingerprint density at radius 3 is 2.82 bits per heavy atom. The summed E-state index contributed by atoms with van der Waals surface area (Å²) >= 11 is 0. The summed E-state index contributed by atoms with van der Waals surface area (Å²) in [7, 11) is 0. The maximum Gasteiger partial charge on any atom is 0.251 e. The van der Waals surface area contributed by atoms with Crippen molar-refractivity contribution in [2.24, 2.45) is 0 Å². The average Bonchev–Trinajstić information content (AvgIpc) is 2.72. The van der Waals surface area contributed by atoms with Crippen molar-refractivity contribution in [3.63, 3.8) is 0 Å². The molecule has 1 aromatic heterocycles. The molecule has 6 heteroatoms. The van der Waals surface area contributed by atoms with Gasteiger partial charge in [0.25, 0.3) is 5.91 Å². The summed E-state index contributed by atoms with van der Waals surface area (Å²) in [6, 6.07) is 11.3. The third-order valence-corrected chi connectivity index (χ3v) is 4.43. The molecule has 1 N–H and O–H groups in total. The van der Waals surface area contributed by atoms with Crippen molar-refractivity contribution in [1.82, 2.24) is 10.3 Å². The Labute approximate surface area is 162 Å². The van der Waals surface area contributed by atoms with Crippen LogP contribution < -0.4 is 10.1 Å². The van der Waals surface area contributed by atoms with Crippen LogP contribution in [0.15, 0.2) is 48.7 Å². The minimum atomic E-state index is -0.778. The predicted octanol–water partition coefficient (Wildman–Crippen LogP) is 5.01. The van der Waals surface area contributed by atoms with Gasteiger partial charge in [-0.05, 0) is 36.8 Å². The number of pyridine rings is 1. The van der Waals surface area contributed by atoms with Crippen LogP contribution in [0.4, 0.5) is 8.78 Å². The van der Waals surface area contributed by atoms with Gasteiger partial charge in [-0.3, -0.25) is 9.78 Å². The highest BCUT2D eigenvalue weighted by Crippen LogP contribution is 2.25. The number of nitrogens with one attached hydrogen (secondary N) is 1. The van der Waals surface area contributed by atoms with Gasteiger partial charge in [0.15, 0.2) is 17.4 Å². The van der Waals surface area contributed by atoms with E-state index in [1.165, 1.54) is 6.07 Å². The molecule has 0 atom stereocenters. The van der Waals surface area contributed by atoms with Crippen LogP contribution in [-0.2, 0) is 6.54 Å². The summed E-state index contributed by atoms with van der Waals surface area (Å²) in [5.74, 6) is -2.26. The molecular formula is C22H22F2N2O2. The number of fused-ring (bicyclic) bond motifs is 1. The molecule has 2 aromatic carbocycles. The first-order valence-electron chi connectivity index (χ1n) is 9.32. The lowest BCUT2D eigenvalue weighted by atomic mass is 10.1. The standard InChI is InChI=1S/C22H22F2N2O2/c1-2-3-4-12-28-21-18(23)9-7-17(20(21)24)14-26-22(27)16-8-10-19-15(13-16)6-5-11-25-19/h5-11,13H,2-4,12,14H2,1H3,(H,26,27). The maximum atomic E-state index is 14.6. The van der Waals surface area contributed by atoms with Crippen LogP contribution in [0.3, 0.4) is 0 Å². The molecule has 4 nitrogen and oxygen atoms in total. The number of ether oxygens (including phenoxy) is 1. The highest BCUT2D eigenvalue weighted by atomic mass is 19.1. The number of rotatable bonds is 8. The predicted molar refractivity (Wildman–Crippen MR) is 104 cm³/mol. The summed E-state index contributed by atoms with van der Waals surface area (Å²) in [6.07, 6.45) is 4.33. The van der Waals surface area contributed by atoms with Gasteiger partial charge in [0.05, 0.1) is 12.1 Å². The van der Waals surface area contributed by atoms with Crippen molar-refractivity contribution in [3.8, 4) is 5.75 Å². The van der Waals surface area contributed by atoms with Gasteiger partial charge in [0, 0.05) is 29.3 Å². The summed E-state index contributed by atoms with van der Waals surface area (Å²) in [4.78, 5) is 16.6. The van der Waals surface area contributed by atoms with Gasteiger partial charge in [-0.1, -0.05) is 31.9 Å². The van der Waals surface area contributed by atoms with E-state index in [4.69, 9.17) is 4.74 Å². The van der Waals surface area contributed by atoms with E-state index in [1.807, 2.05) is 13.0 Å². The molecule has 0 fully saturated rings. The zero-order valence-electron chi connectivity index (χ0n) is 15.7. The van der Waals surface area contributed by atoms with Gasteiger partial charge >= 0.3 is 0 Å². The molecule has 3 aromatic rings. The van der Waals surface area contributed by atoms with E-state index in [-0.39, 0.29) is 30.4 Å². The smallest absolute Gasteiger partial charge is 0.251 e. The summed E-state index contributed by atoms with van der Waals surface area (Å²) in [6.45, 7) is 2.22. The molecule has 0 radical (unpaired) electrons. The van der Waals surface area contributed by atoms with Crippen LogP contribution in [-0.4, -0.2) is 17.5 Å². The third kappa shape index (κ3) is 4.63. The Kier molecular flexibility index (Phi) is 6.53. The van der Waals surface area contributed by atoms with Crippen molar-refractivity contribution >= 4 is 16.8 Å². The average molecular weight is 384 g/mol. The van der Waals surface area contributed by atoms with E-state index in [0.29, 0.717) is 5.56 Å². The van der Waals surface area contributed by atoms with Gasteiger partial charge in [-0.25, -0.2) is 8.78 Å². The first-order valence-corrected chi connectivity index (χ1v) is 9.32. The molecule has 3 rings (SSSR count). The topological polar surface area (TPSA) is 51.2 Å². The minimum Gasteiger partial charge on any atom is -0.488 e. The fourth-order valence-corrected chi connectivity index (χ4v) is 2.86. The van der Waals surface area contributed by atoms with Crippen molar-refractivity contribution in [2.45, 2.75) is 32.7 Å². The first kappa shape index (κ1) is 19.7. The molecule has 0 spiro atoms. The lowest BCUT2D eigenvalue weighted by Crippen LogP contribution is -2.23. The molecular weight excluding hydrogens is 362 g/mol. The van der Waals surface area contributed by atoms with Crippen molar-refractivity contribution in [2.75, 3.05) is 6.61 Å². The monoisotopic (exact) mass is 384 g/mol. The molecule has 0 aliphatic rings. The van der Waals surface area contributed by atoms with Crippen molar-refractivity contribution in [3.05, 3.63) is 71.4 Å². The largest absolute Gasteiger partial charge is 0.488 e. The zero-order valence-corrected chi connectivity index (χ0v) is 15.7. The van der Waals surface area contributed by atoms with Gasteiger partial charge in [0.1, 0.15) is 0 Å². The molecule has 0 unspecified atom stereocenters. The number of aromatic nitrogens is 1. The van der Waals surface area contributed by atoms with E-state index >= 15 is 0 Å². The van der Waals surface area contributed by atoms with Gasteiger partial charge in [-0.15, -0.1) is 0 Å². The molecule has 28 heavy (non-hydrogen) atoms. The minimum absolute atomic E-state index is 0.0681. The molecule has 1 heterocycles. The fourth-order valence-electron chi connectivity index (χ4n) is 2.86. The summed E-state index contributed by atoms with van der Waals surface area (Å²) < 4.78 is 33.8. The summed E-state index contributed by atoms with van der Waals surface area (Å²) in [5.41, 5.74) is 1.40. The lowest BCUT2D eigenvalue weighted by molar-refractivity contribution is 0.0950. The third-order valence-electron chi connectivity index (χ3n) is 4.43. The molecule has 146 valence electrons. The van der Waals surface area contributed by atoms with Crippen LogP contribution in [0.5, 0.6) is 5.75 Å². The number of benzene rings is 2. The molecule has 0 saturated heterocycles. The SMILES string of the molecule is CCCCCOc1c(F)ccc(CNC(=O)c2ccc3ncccc3c2)c1F. The first-order chi connectivity index (χ1) is 13.6. The van der Waals surface area contributed by atoms with Crippen LogP contribution in [0.1, 0.15) is 42.1 Å². The second kappa shape index (κ2) is 9.26. The number of carbonyl (C=O) groups is 1. The van der Waals surface area contributed by atoms with Crippen LogP contribution in [0.2, 0.25) is 0 Å². The lowest BCUT2D eigenvalue weighted by Gasteiger charge is -2.12. The van der Waals surface area contributed by atoms with E-state index in [0.717, 1.165) is 36.2 Å². The van der Waals surface area contributed by atoms with E-state index in [9.17, 15) is 13.6 Å². The number of hydrogen-bond acceptors (Lipinski definition) is 3. The molecule has 0 bridgehead atoms. The highest BCUT2D eigenvalue weighted by molar-refractivity contribution is 5.97. The Morgan fingerprint density at radius 1 is 1.14 bits per heavy atom. The van der Waals surface area contributed by atoms with E-state index < -0.39 is 11.6 Å². The van der Waals surface area contributed by atoms with Crippen LogP contribution in [0, 0.1) is 11.6 Å². The van der Waals surface area contributed by atoms with E-state index in [1.54, 1.807) is 30.5 Å². The molecule has 1 amide bonds. The summed E-state index contributed by atoms with van der Waals surface area (Å²) in [5, 5.41) is 3.51. The van der Waals surface area contributed by atoms with Crippen LogP contribution in [0.25, 0.3) is 10.9 Å². The number of hydrogen-bond donors (Lipinski definition) is 1. The number of carbonyl (C=O) groups excluding carboxylic acids is 1. The van der Waals surface area contributed by atoms with Crippen LogP contribution >= 0.6 is 0 Å². The number of amides is 1. The van der Waals surface area contributed by atoms with Crippen molar-refractivity contribution < 1.29 is 18.3 Å². The molecule has 0 aliphatic carbocycles. The molecule has 0 saturated carbocycles. The Bertz CT molecular complexity index is 976. The van der Waals surface area contributed by atoms with Gasteiger partial charge < -0.3 is 10.1 Å². The maximum absolute atomic E-state index is 14.6. The Balaban J connectivity index is 1.68. The second-order valence-electron chi connectivity index (χ2n) is 6.50. The fraction of sp³-hybridized carbons (Fsp3) is 0.273. The Hall–Kier alpha value is -3.02. The van der Waals surface area contributed by atoms with E-state index in [2.05, 4.69) is 10.3 Å². The zero-order chi connectivity index (χ0) is 19.9. The van der Waals surface area contributed by atoms with Crippen molar-refractivity contribution in [1.29, 1.82) is 0 Å². The normalized spacial score (nSPS) is 10.8.